The van der Waals surface area contributed by atoms with Crippen molar-refractivity contribution >= 4 is 23.3 Å². The first-order valence-corrected chi connectivity index (χ1v) is 9.83. The first kappa shape index (κ1) is 19.8. The first-order valence-electron chi connectivity index (χ1n) is 9.83. The second kappa shape index (κ2) is 8.44. The van der Waals surface area contributed by atoms with Gasteiger partial charge in [-0.3, -0.25) is 14.4 Å². The molecule has 2 amide bonds. The Bertz CT molecular complexity index is 965. The van der Waals surface area contributed by atoms with Crippen molar-refractivity contribution in [1.82, 2.24) is 10.2 Å². The van der Waals surface area contributed by atoms with Crippen molar-refractivity contribution in [2.75, 3.05) is 44.4 Å². The standard InChI is InChI=1S/C22H23N3O5/c1-15(26)16-2-5-18(6-3-16)24-8-10-25(11-9-24)21(27)13-23-22(28)17-4-7-19-20(12-17)30-14-29-19/h2-7,12H,8-11,13-14H2,1H3,(H,23,28). The van der Waals surface area contributed by atoms with Gasteiger partial charge in [0.05, 0.1) is 6.54 Å². The molecule has 0 bridgehead atoms. The Morgan fingerprint density at radius 3 is 2.27 bits per heavy atom. The summed E-state index contributed by atoms with van der Waals surface area (Å²) in [6.07, 6.45) is 0. The Hall–Kier alpha value is -3.55. The van der Waals surface area contributed by atoms with Crippen molar-refractivity contribution in [2.45, 2.75) is 6.92 Å². The van der Waals surface area contributed by atoms with Crippen LogP contribution in [0.1, 0.15) is 27.6 Å². The summed E-state index contributed by atoms with van der Waals surface area (Å²) in [5, 5.41) is 2.67. The topological polar surface area (TPSA) is 88.2 Å². The Labute approximate surface area is 174 Å². The van der Waals surface area contributed by atoms with Crippen LogP contribution in [0.2, 0.25) is 0 Å². The van der Waals surface area contributed by atoms with E-state index in [1.165, 1.54) is 0 Å². The van der Waals surface area contributed by atoms with E-state index in [1.807, 2.05) is 24.3 Å². The number of carbonyl (C=O) groups is 3. The normalized spacial score (nSPS) is 15.1. The number of amides is 2. The highest BCUT2D eigenvalue weighted by Gasteiger charge is 2.22. The van der Waals surface area contributed by atoms with Gasteiger partial charge < -0.3 is 24.6 Å². The fourth-order valence-electron chi connectivity index (χ4n) is 3.53. The van der Waals surface area contributed by atoms with Crippen molar-refractivity contribution < 1.29 is 23.9 Å². The van der Waals surface area contributed by atoms with Crippen LogP contribution >= 0.6 is 0 Å². The summed E-state index contributed by atoms with van der Waals surface area (Å²) in [5.74, 6) is 0.735. The van der Waals surface area contributed by atoms with Gasteiger partial charge in [-0.2, -0.15) is 0 Å². The summed E-state index contributed by atoms with van der Waals surface area (Å²) >= 11 is 0. The monoisotopic (exact) mass is 409 g/mol. The molecular weight excluding hydrogens is 386 g/mol. The number of fused-ring (bicyclic) bond motifs is 1. The summed E-state index contributed by atoms with van der Waals surface area (Å²) in [7, 11) is 0. The van der Waals surface area contributed by atoms with Crippen LogP contribution in [0.15, 0.2) is 42.5 Å². The van der Waals surface area contributed by atoms with E-state index in [4.69, 9.17) is 9.47 Å². The van der Waals surface area contributed by atoms with E-state index >= 15 is 0 Å². The number of hydrogen-bond donors (Lipinski definition) is 1. The fraction of sp³-hybridized carbons (Fsp3) is 0.318. The Morgan fingerprint density at radius 1 is 0.900 bits per heavy atom. The van der Waals surface area contributed by atoms with Gasteiger partial charge in [-0.1, -0.05) is 0 Å². The van der Waals surface area contributed by atoms with Crippen LogP contribution in [0, 0.1) is 0 Å². The minimum absolute atomic E-state index is 0.0414. The summed E-state index contributed by atoms with van der Waals surface area (Å²) < 4.78 is 10.5. The van der Waals surface area contributed by atoms with Gasteiger partial charge in [-0.05, 0) is 49.4 Å². The number of hydrogen-bond acceptors (Lipinski definition) is 6. The highest BCUT2D eigenvalue weighted by Crippen LogP contribution is 2.32. The molecular formula is C22H23N3O5. The molecule has 2 aliphatic rings. The van der Waals surface area contributed by atoms with Crippen molar-refractivity contribution in [1.29, 1.82) is 0 Å². The number of ether oxygens (including phenoxy) is 2. The summed E-state index contributed by atoms with van der Waals surface area (Å²) in [4.78, 5) is 40.2. The van der Waals surface area contributed by atoms with Crippen molar-refractivity contribution in [3.63, 3.8) is 0 Å². The number of benzene rings is 2. The quantitative estimate of drug-likeness (QED) is 0.757. The third kappa shape index (κ3) is 4.22. The molecule has 0 spiro atoms. The van der Waals surface area contributed by atoms with Gasteiger partial charge >= 0.3 is 0 Å². The average Bonchev–Trinajstić information content (AvgIpc) is 3.25. The van der Waals surface area contributed by atoms with Gasteiger partial charge in [-0.15, -0.1) is 0 Å². The second-order valence-corrected chi connectivity index (χ2v) is 7.22. The fourth-order valence-corrected chi connectivity index (χ4v) is 3.53. The van der Waals surface area contributed by atoms with Crippen molar-refractivity contribution in [3.05, 3.63) is 53.6 Å². The van der Waals surface area contributed by atoms with Gasteiger partial charge in [0, 0.05) is 43.0 Å². The number of nitrogens with one attached hydrogen (secondary N) is 1. The summed E-state index contributed by atoms with van der Waals surface area (Å²) in [5.41, 5.74) is 2.14. The van der Waals surface area contributed by atoms with Gasteiger partial charge in [0.1, 0.15) is 0 Å². The van der Waals surface area contributed by atoms with Crippen molar-refractivity contribution in [3.8, 4) is 11.5 Å². The van der Waals surface area contributed by atoms with Crippen LogP contribution in [-0.4, -0.2) is 62.0 Å². The lowest BCUT2D eigenvalue weighted by atomic mass is 10.1. The van der Waals surface area contributed by atoms with E-state index < -0.39 is 0 Å². The van der Waals surface area contributed by atoms with E-state index in [-0.39, 0.29) is 30.9 Å². The second-order valence-electron chi connectivity index (χ2n) is 7.22. The molecule has 0 atom stereocenters. The predicted octanol–water partition coefficient (Wildman–Crippen LogP) is 1.70. The number of ketones is 1. The Kier molecular flexibility index (Phi) is 5.56. The van der Waals surface area contributed by atoms with E-state index in [2.05, 4.69) is 10.2 Å². The maximum absolute atomic E-state index is 12.5. The number of anilines is 1. The van der Waals surface area contributed by atoms with Crippen LogP contribution in [0.3, 0.4) is 0 Å². The van der Waals surface area contributed by atoms with Gasteiger partial charge in [0.2, 0.25) is 12.7 Å². The molecule has 2 aliphatic heterocycles. The number of nitrogens with zero attached hydrogens (tertiary/aromatic N) is 2. The van der Waals surface area contributed by atoms with Gasteiger partial charge in [0.15, 0.2) is 17.3 Å². The largest absolute Gasteiger partial charge is 0.454 e. The van der Waals surface area contributed by atoms with Crippen LogP contribution in [-0.2, 0) is 4.79 Å². The molecule has 0 saturated carbocycles. The molecule has 0 aromatic heterocycles. The molecule has 2 aromatic rings. The number of piperazine rings is 1. The lowest BCUT2D eigenvalue weighted by Crippen LogP contribution is -2.51. The molecule has 156 valence electrons. The van der Waals surface area contributed by atoms with Crippen LogP contribution in [0.5, 0.6) is 11.5 Å². The zero-order valence-corrected chi connectivity index (χ0v) is 16.7. The molecule has 8 heteroatoms. The third-order valence-electron chi connectivity index (χ3n) is 5.31. The highest BCUT2D eigenvalue weighted by atomic mass is 16.7. The zero-order chi connectivity index (χ0) is 21.1. The molecule has 0 unspecified atom stereocenters. The third-order valence-corrected chi connectivity index (χ3v) is 5.31. The summed E-state index contributed by atoms with van der Waals surface area (Å²) in [6.45, 7) is 4.18. The molecule has 1 fully saturated rings. The minimum Gasteiger partial charge on any atom is -0.454 e. The van der Waals surface area contributed by atoms with Gasteiger partial charge in [0.25, 0.3) is 5.91 Å². The minimum atomic E-state index is -0.328. The molecule has 1 saturated heterocycles. The van der Waals surface area contributed by atoms with Crippen LogP contribution in [0.4, 0.5) is 5.69 Å². The number of rotatable bonds is 5. The maximum Gasteiger partial charge on any atom is 0.251 e. The lowest BCUT2D eigenvalue weighted by molar-refractivity contribution is -0.130. The molecule has 2 aromatic carbocycles. The van der Waals surface area contributed by atoms with E-state index in [0.717, 1.165) is 5.69 Å². The number of Topliss-reactive ketones (excluding diaryl/α,β-unsaturated/α-hetero) is 1. The Morgan fingerprint density at radius 2 is 1.57 bits per heavy atom. The highest BCUT2D eigenvalue weighted by molar-refractivity contribution is 5.97. The smallest absolute Gasteiger partial charge is 0.251 e. The SMILES string of the molecule is CC(=O)c1ccc(N2CCN(C(=O)CNC(=O)c3ccc4c(c3)OCO4)CC2)cc1. The molecule has 0 radical (unpaired) electrons. The van der Waals surface area contributed by atoms with E-state index in [9.17, 15) is 14.4 Å². The van der Waals surface area contributed by atoms with Crippen LogP contribution < -0.4 is 19.7 Å². The van der Waals surface area contributed by atoms with E-state index in [1.54, 1.807) is 30.0 Å². The van der Waals surface area contributed by atoms with Crippen molar-refractivity contribution in [2.24, 2.45) is 0 Å². The lowest BCUT2D eigenvalue weighted by Gasteiger charge is -2.36. The number of carbonyl (C=O) groups excluding carboxylic acids is 3. The molecule has 0 aliphatic carbocycles. The zero-order valence-electron chi connectivity index (χ0n) is 16.7. The molecule has 8 nitrogen and oxygen atoms in total. The molecule has 1 N–H and O–H groups in total. The molecule has 2 heterocycles. The maximum atomic E-state index is 12.5. The Balaban J connectivity index is 1.26. The molecule has 30 heavy (non-hydrogen) atoms. The molecule has 4 rings (SSSR count). The average molecular weight is 409 g/mol. The predicted molar refractivity (Wildman–Crippen MR) is 110 cm³/mol. The summed E-state index contributed by atoms with van der Waals surface area (Å²) in [6, 6.07) is 12.4. The van der Waals surface area contributed by atoms with Gasteiger partial charge in [-0.25, -0.2) is 0 Å². The first-order chi connectivity index (χ1) is 14.5. The van der Waals surface area contributed by atoms with Crippen LogP contribution in [0.25, 0.3) is 0 Å². The van der Waals surface area contributed by atoms with E-state index in [0.29, 0.717) is 48.8 Å².